The van der Waals surface area contributed by atoms with Crippen LogP contribution in [-0.4, -0.2) is 44.7 Å². The Hall–Kier alpha value is -2.28. The van der Waals surface area contributed by atoms with E-state index in [-0.39, 0.29) is 17.9 Å². The van der Waals surface area contributed by atoms with Crippen LogP contribution in [0.2, 0.25) is 0 Å². The lowest BCUT2D eigenvalue weighted by molar-refractivity contribution is -0.132. The van der Waals surface area contributed by atoms with E-state index in [9.17, 15) is 9.59 Å². The number of aryl methyl sites for hydroxylation is 1. The lowest BCUT2D eigenvalue weighted by atomic mass is 10.0. The van der Waals surface area contributed by atoms with Crippen LogP contribution >= 0.6 is 11.3 Å². The van der Waals surface area contributed by atoms with Gasteiger partial charge in [0.15, 0.2) is 5.82 Å². The number of carbonyl (C=O) groups is 2. The molecule has 4 rings (SSSR count). The normalized spacial score (nSPS) is 19.7. The zero-order valence-electron chi connectivity index (χ0n) is 15.8. The van der Waals surface area contributed by atoms with Crippen molar-refractivity contribution in [2.75, 3.05) is 13.1 Å². The Morgan fingerprint density at radius 1 is 1.22 bits per heavy atom. The van der Waals surface area contributed by atoms with Gasteiger partial charge in [-0.15, -0.1) is 11.3 Å². The molecule has 0 radical (unpaired) electrons. The summed E-state index contributed by atoms with van der Waals surface area (Å²) < 4.78 is 0. The molecule has 2 aliphatic heterocycles. The van der Waals surface area contributed by atoms with Gasteiger partial charge in [0.2, 0.25) is 5.91 Å². The van der Waals surface area contributed by atoms with E-state index in [1.165, 1.54) is 11.3 Å². The van der Waals surface area contributed by atoms with Crippen molar-refractivity contribution in [3.05, 3.63) is 45.2 Å². The van der Waals surface area contributed by atoms with Crippen LogP contribution in [0.1, 0.15) is 63.9 Å². The average molecular weight is 385 g/mol. The third-order valence-corrected chi connectivity index (χ3v) is 6.38. The molecule has 0 N–H and O–H groups in total. The second kappa shape index (κ2) is 7.38. The minimum atomic E-state index is -0.0182. The van der Waals surface area contributed by atoms with Crippen molar-refractivity contribution < 1.29 is 9.59 Å². The number of amides is 2. The Morgan fingerprint density at radius 2 is 2.07 bits per heavy atom. The largest absolute Gasteiger partial charge is 0.333 e. The number of nitrogens with zero attached hydrogens (tertiary/aromatic N) is 4. The summed E-state index contributed by atoms with van der Waals surface area (Å²) in [6.07, 6.45) is 5.63. The maximum atomic E-state index is 12.7. The molecule has 4 heterocycles. The first kappa shape index (κ1) is 18.1. The molecule has 0 bridgehead atoms. The SMILES string of the molecule is CC(=O)N1CCCC[C@@H]1c1ncc2c(n1)CCN(C(=O)c1ccc(C)s1)C2. The van der Waals surface area contributed by atoms with Gasteiger partial charge in [-0.3, -0.25) is 9.59 Å². The van der Waals surface area contributed by atoms with E-state index in [1.54, 1.807) is 6.92 Å². The van der Waals surface area contributed by atoms with Gasteiger partial charge in [0, 0.05) is 49.6 Å². The molecule has 0 saturated carbocycles. The monoisotopic (exact) mass is 384 g/mol. The lowest BCUT2D eigenvalue weighted by Gasteiger charge is -2.35. The zero-order chi connectivity index (χ0) is 19.0. The molecule has 1 atom stereocenters. The summed E-state index contributed by atoms with van der Waals surface area (Å²) in [5.41, 5.74) is 2.03. The topological polar surface area (TPSA) is 66.4 Å². The van der Waals surface area contributed by atoms with Gasteiger partial charge in [-0.25, -0.2) is 9.97 Å². The summed E-state index contributed by atoms with van der Waals surface area (Å²) in [6, 6.07) is 3.86. The van der Waals surface area contributed by atoms with Gasteiger partial charge in [-0.1, -0.05) is 0 Å². The van der Waals surface area contributed by atoms with Gasteiger partial charge in [0.1, 0.15) is 0 Å². The molecule has 27 heavy (non-hydrogen) atoms. The maximum Gasteiger partial charge on any atom is 0.264 e. The third-order valence-electron chi connectivity index (χ3n) is 5.40. The Labute approximate surface area is 163 Å². The standard InChI is InChI=1S/C20H24N4O2S/c1-13-6-7-18(27-13)20(26)23-10-8-16-15(12-23)11-21-19(22-16)17-5-3-4-9-24(17)14(2)25/h6-7,11,17H,3-5,8-10,12H2,1-2H3/t17-/m1/s1. The molecule has 6 nitrogen and oxygen atoms in total. The van der Waals surface area contributed by atoms with E-state index in [2.05, 4.69) is 4.98 Å². The van der Waals surface area contributed by atoms with Crippen LogP contribution in [0, 0.1) is 6.92 Å². The molecular weight excluding hydrogens is 360 g/mol. The van der Waals surface area contributed by atoms with Gasteiger partial charge < -0.3 is 9.80 Å². The van der Waals surface area contributed by atoms with Crippen molar-refractivity contribution in [3.8, 4) is 0 Å². The zero-order valence-corrected chi connectivity index (χ0v) is 16.6. The molecule has 2 aromatic heterocycles. The molecule has 0 spiro atoms. The second-order valence-corrected chi connectivity index (χ2v) is 8.60. The van der Waals surface area contributed by atoms with E-state index in [4.69, 9.17) is 4.98 Å². The highest BCUT2D eigenvalue weighted by Gasteiger charge is 2.30. The Balaban J connectivity index is 1.53. The van der Waals surface area contributed by atoms with Crippen molar-refractivity contribution in [2.45, 2.75) is 52.1 Å². The lowest BCUT2D eigenvalue weighted by Crippen LogP contribution is -2.39. The number of likely N-dealkylation sites (tertiary alicyclic amines) is 1. The molecule has 2 aromatic rings. The fourth-order valence-electron chi connectivity index (χ4n) is 3.95. The number of carbonyl (C=O) groups excluding carboxylic acids is 2. The number of thiophene rings is 1. The molecule has 1 saturated heterocycles. The van der Waals surface area contributed by atoms with Crippen molar-refractivity contribution in [1.29, 1.82) is 0 Å². The van der Waals surface area contributed by atoms with Crippen molar-refractivity contribution >= 4 is 23.2 Å². The first-order valence-corrected chi connectivity index (χ1v) is 10.3. The van der Waals surface area contributed by atoms with E-state index < -0.39 is 0 Å². The fourth-order valence-corrected chi connectivity index (χ4v) is 4.78. The minimum absolute atomic E-state index is 0.0182. The first-order chi connectivity index (χ1) is 13.0. The predicted octanol–water partition coefficient (Wildman–Crippen LogP) is 3.12. The highest BCUT2D eigenvalue weighted by atomic mass is 32.1. The Kier molecular flexibility index (Phi) is 4.95. The molecule has 2 aliphatic rings. The van der Waals surface area contributed by atoms with Gasteiger partial charge in [0.25, 0.3) is 5.91 Å². The van der Waals surface area contributed by atoms with Crippen LogP contribution in [-0.2, 0) is 17.8 Å². The second-order valence-electron chi connectivity index (χ2n) is 7.31. The van der Waals surface area contributed by atoms with Gasteiger partial charge >= 0.3 is 0 Å². The average Bonchev–Trinajstić information content (AvgIpc) is 3.13. The fraction of sp³-hybridized carbons (Fsp3) is 0.500. The Bertz CT molecular complexity index is 879. The summed E-state index contributed by atoms with van der Waals surface area (Å²) >= 11 is 1.54. The molecule has 7 heteroatoms. The highest BCUT2D eigenvalue weighted by Crippen LogP contribution is 2.30. The van der Waals surface area contributed by atoms with Crippen molar-refractivity contribution in [3.63, 3.8) is 0 Å². The van der Waals surface area contributed by atoms with Crippen LogP contribution in [0.5, 0.6) is 0 Å². The minimum Gasteiger partial charge on any atom is -0.333 e. The predicted molar refractivity (Wildman–Crippen MR) is 104 cm³/mol. The van der Waals surface area contributed by atoms with E-state index in [0.29, 0.717) is 13.1 Å². The maximum absolute atomic E-state index is 12.7. The van der Waals surface area contributed by atoms with Crippen LogP contribution in [0.4, 0.5) is 0 Å². The van der Waals surface area contributed by atoms with Crippen LogP contribution in [0.15, 0.2) is 18.3 Å². The first-order valence-electron chi connectivity index (χ1n) is 9.50. The summed E-state index contributed by atoms with van der Waals surface area (Å²) in [5, 5.41) is 0. The van der Waals surface area contributed by atoms with E-state index >= 15 is 0 Å². The smallest absolute Gasteiger partial charge is 0.264 e. The van der Waals surface area contributed by atoms with Gasteiger partial charge in [-0.05, 0) is 38.3 Å². The number of hydrogen-bond acceptors (Lipinski definition) is 5. The molecule has 142 valence electrons. The highest BCUT2D eigenvalue weighted by molar-refractivity contribution is 7.13. The number of rotatable bonds is 2. The third kappa shape index (κ3) is 3.60. The quantitative estimate of drug-likeness (QED) is 0.798. The van der Waals surface area contributed by atoms with Gasteiger partial charge in [-0.2, -0.15) is 0 Å². The summed E-state index contributed by atoms with van der Waals surface area (Å²) in [6.45, 7) is 5.63. The van der Waals surface area contributed by atoms with Crippen LogP contribution in [0.3, 0.4) is 0 Å². The van der Waals surface area contributed by atoms with Crippen molar-refractivity contribution in [1.82, 2.24) is 19.8 Å². The molecule has 0 unspecified atom stereocenters. The van der Waals surface area contributed by atoms with E-state index in [0.717, 1.165) is 59.1 Å². The summed E-state index contributed by atoms with van der Waals surface area (Å²) in [4.78, 5) is 39.7. The van der Waals surface area contributed by atoms with Gasteiger partial charge in [0.05, 0.1) is 16.6 Å². The number of fused-ring (bicyclic) bond motifs is 1. The Morgan fingerprint density at radius 3 is 2.81 bits per heavy atom. The summed E-state index contributed by atoms with van der Waals surface area (Å²) in [7, 11) is 0. The molecule has 2 amide bonds. The number of aromatic nitrogens is 2. The molecule has 1 fully saturated rings. The number of piperidine rings is 1. The molecule has 0 aromatic carbocycles. The molecule has 0 aliphatic carbocycles. The van der Waals surface area contributed by atoms with E-state index in [1.807, 2.05) is 35.1 Å². The van der Waals surface area contributed by atoms with Crippen molar-refractivity contribution in [2.24, 2.45) is 0 Å². The van der Waals surface area contributed by atoms with Crippen LogP contribution in [0.25, 0.3) is 0 Å². The summed E-state index contributed by atoms with van der Waals surface area (Å²) in [5.74, 6) is 0.916. The van der Waals surface area contributed by atoms with Crippen LogP contribution < -0.4 is 0 Å². The molecular formula is C20H24N4O2S. The number of hydrogen-bond donors (Lipinski definition) is 0.